The van der Waals surface area contributed by atoms with Gasteiger partial charge in [-0.3, -0.25) is 9.89 Å². The number of carboxylic acids is 1. The van der Waals surface area contributed by atoms with Gasteiger partial charge in [0.25, 0.3) is 0 Å². The van der Waals surface area contributed by atoms with Gasteiger partial charge in [-0.05, 0) is 27.2 Å². The average molecular weight is 268 g/mol. The molecule has 1 atom stereocenters. The summed E-state index contributed by atoms with van der Waals surface area (Å²) < 4.78 is 0. The fourth-order valence-corrected chi connectivity index (χ4v) is 1.60. The molecule has 0 aliphatic heterocycles. The molecule has 0 saturated carbocycles. The quantitative estimate of drug-likeness (QED) is 0.625. The van der Waals surface area contributed by atoms with Gasteiger partial charge < -0.3 is 15.7 Å². The van der Waals surface area contributed by atoms with Gasteiger partial charge in [0, 0.05) is 23.7 Å². The Balaban J connectivity index is 2.43. The van der Waals surface area contributed by atoms with Gasteiger partial charge in [-0.25, -0.2) is 4.79 Å². The smallest absolute Gasteiger partial charge is 0.315 e. The third-order valence-electron chi connectivity index (χ3n) is 2.78. The number of aliphatic carboxylic acids is 1. The molecule has 0 saturated heterocycles. The number of urea groups is 1. The molecule has 0 aliphatic carbocycles. The van der Waals surface area contributed by atoms with Crippen molar-refractivity contribution >= 4 is 12.0 Å². The van der Waals surface area contributed by atoms with E-state index in [1.54, 1.807) is 26.2 Å². The van der Waals surface area contributed by atoms with Crippen molar-refractivity contribution in [3.05, 3.63) is 18.0 Å². The minimum atomic E-state index is -0.873. The van der Waals surface area contributed by atoms with Crippen molar-refractivity contribution < 1.29 is 14.7 Å². The second-order valence-corrected chi connectivity index (χ2v) is 5.13. The third kappa shape index (κ3) is 5.41. The van der Waals surface area contributed by atoms with Crippen molar-refractivity contribution in [3.8, 4) is 0 Å². The largest absolute Gasteiger partial charge is 0.481 e. The molecule has 106 valence electrons. The Bertz CT molecular complexity index is 428. The Labute approximate surface area is 111 Å². The molecule has 1 unspecified atom stereocenters. The molecule has 19 heavy (non-hydrogen) atoms. The van der Waals surface area contributed by atoms with Gasteiger partial charge in [-0.15, -0.1) is 0 Å². The van der Waals surface area contributed by atoms with E-state index in [1.807, 2.05) is 6.92 Å². The van der Waals surface area contributed by atoms with Crippen molar-refractivity contribution in [1.29, 1.82) is 0 Å². The summed E-state index contributed by atoms with van der Waals surface area (Å²) in [6.45, 7) is 5.42. The zero-order valence-corrected chi connectivity index (χ0v) is 11.4. The van der Waals surface area contributed by atoms with Crippen LogP contribution in [-0.4, -0.2) is 32.8 Å². The first-order valence-corrected chi connectivity index (χ1v) is 6.09. The Hall–Kier alpha value is -2.05. The number of H-pyrrole nitrogens is 1. The Morgan fingerprint density at radius 2 is 2.21 bits per heavy atom. The van der Waals surface area contributed by atoms with Crippen LogP contribution >= 0.6 is 0 Å². The molecule has 4 N–H and O–H groups in total. The standard InChI is InChI=1S/C12H20N4O3/c1-8(9-6-13-14-7-9)15-11(19)16-12(2,3)5-4-10(17)18/h6-8H,4-5H2,1-3H3,(H,13,14)(H,17,18)(H2,15,16,19). The number of carboxylic acid groups (broad SMARTS) is 1. The van der Waals surface area contributed by atoms with Crippen LogP contribution in [0.5, 0.6) is 0 Å². The first-order valence-electron chi connectivity index (χ1n) is 6.09. The molecule has 0 aliphatic rings. The van der Waals surface area contributed by atoms with Crippen LogP contribution in [0.15, 0.2) is 12.4 Å². The zero-order chi connectivity index (χ0) is 14.5. The minimum Gasteiger partial charge on any atom is -0.481 e. The summed E-state index contributed by atoms with van der Waals surface area (Å²) in [7, 11) is 0. The highest BCUT2D eigenvalue weighted by atomic mass is 16.4. The van der Waals surface area contributed by atoms with Gasteiger partial charge in [0.15, 0.2) is 0 Å². The van der Waals surface area contributed by atoms with Crippen LogP contribution in [-0.2, 0) is 4.79 Å². The molecule has 1 rings (SSSR count). The van der Waals surface area contributed by atoms with Crippen molar-refractivity contribution in [2.75, 3.05) is 0 Å². The summed E-state index contributed by atoms with van der Waals surface area (Å²) in [5.41, 5.74) is 0.303. The molecule has 7 nitrogen and oxygen atoms in total. The van der Waals surface area contributed by atoms with E-state index < -0.39 is 11.5 Å². The van der Waals surface area contributed by atoms with Crippen LogP contribution in [0.4, 0.5) is 4.79 Å². The summed E-state index contributed by atoms with van der Waals surface area (Å²) in [5, 5.41) is 20.7. The molecule has 7 heteroatoms. The fraction of sp³-hybridized carbons (Fsp3) is 0.583. The molecule has 0 aromatic carbocycles. The summed E-state index contributed by atoms with van der Waals surface area (Å²) in [6, 6.07) is -0.502. The summed E-state index contributed by atoms with van der Waals surface area (Å²) in [4.78, 5) is 22.3. The van der Waals surface area contributed by atoms with Crippen LogP contribution < -0.4 is 10.6 Å². The van der Waals surface area contributed by atoms with E-state index in [-0.39, 0.29) is 18.5 Å². The van der Waals surface area contributed by atoms with Gasteiger partial charge in [0.1, 0.15) is 0 Å². The van der Waals surface area contributed by atoms with Gasteiger partial charge in [-0.2, -0.15) is 5.10 Å². The van der Waals surface area contributed by atoms with E-state index in [4.69, 9.17) is 5.11 Å². The maximum atomic E-state index is 11.8. The van der Waals surface area contributed by atoms with Crippen LogP contribution in [0.2, 0.25) is 0 Å². The van der Waals surface area contributed by atoms with Crippen molar-refractivity contribution in [2.45, 2.75) is 45.2 Å². The maximum Gasteiger partial charge on any atom is 0.315 e. The predicted molar refractivity (Wildman–Crippen MR) is 69.6 cm³/mol. The fourth-order valence-electron chi connectivity index (χ4n) is 1.60. The average Bonchev–Trinajstić information content (AvgIpc) is 2.79. The van der Waals surface area contributed by atoms with E-state index in [1.165, 1.54) is 0 Å². The number of rotatable bonds is 6. The number of hydrogen-bond donors (Lipinski definition) is 4. The predicted octanol–water partition coefficient (Wildman–Crippen LogP) is 1.41. The maximum absolute atomic E-state index is 11.8. The summed E-state index contributed by atoms with van der Waals surface area (Å²) >= 11 is 0. The molecular weight excluding hydrogens is 248 g/mol. The Morgan fingerprint density at radius 3 is 2.74 bits per heavy atom. The second kappa shape index (κ2) is 6.21. The lowest BCUT2D eigenvalue weighted by Gasteiger charge is -2.26. The number of hydrogen-bond acceptors (Lipinski definition) is 3. The van der Waals surface area contributed by atoms with E-state index in [0.717, 1.165) is 5.56 Å². The van der Waals surface area contributed by atoms with Crippen molar-refractivity contribution in [1.82, 2.24) is 20.8 Å². The van der Waals surface area contributed by atoms with Gasteiger partial charge >= 0.3 is 12.0 Å². The van der Waals surface area contributed by atoms with E-state index in [2.05, 4.69) is 20.8 Å². The minimum absolute atomic E-state index is 0.0184. The number of carbonyl (C=O) groups excluding carboxylic acids is 1. The van der Waals surface area contributed by atoms with Crippen molar-refractivity contribution in [3.63, 3.8) is 0 Å². The highest BCUT2D eigenvalue weighted by Crippen LogP contribution is 2.12. The molecule has 0 spiro atoms. The number of amides is 2. The van der Waals surface area contributed by atoms with E-state index in [9.17, 15) is 9.59 Å². The monoisotopic (exact) mass is 268 g/mol. The topological polar surface area (TPSA) is 107 Å². The van der Waals surface area contributed by atoms with E-state index >= 15 is 0 Å². The molecular formula is C12H20N4O3. The molecule has 2 amide bonds. The van der Waals surface area contributed by atoms with Gasteiger partial charge in [-0.1, -0.05) is 0 Å². The first-order chi connectivity index (χ1) is 8.80. The molecule has 0 radical (unpaired) electrons. The van der Waals surface area contributed by atoms with Crippen molar-refractivity contribution in [2.24, 2.45) is 0 Å². The van der Waals surface area contributed by atoms with Crippen LogP contribution in [0.1, 0.15) is 45.2 Å². The van der Waals surface area contributed by atoms with Crippen LogP contribution in [0.3, 0.4) is 0 Å². The SMILES string of the molecule is CC(NC(=O)NC(C)(C)CCC(=O)O)c1cn[nH]c1. The molecule has 1 aromatic rings. The first kappa shape index (κ1) is 15.0. The molecule has 1 heterocycles. The second-order valence-electron chi connectivity index (χ2n) is 5.13. The molecule has 0 bridgehead atoms. The Morgan fingerprint density at radius 1 is 1.53 bits per heavy atom. The molecule has 1 aromatic heterocycles. The number of aromatic nitrogens is 2. The number of nitrogens with one attached hydrogen (secondary N) is 3. The van der Waals surface area contributed by atoms with Gasteiger partial charge in [0.05, 0.1) is 12.2 Å². The summed E-state index contributed by atoms with van der Waals surface area (Å²) in [6.07, 6.45) is 3.74. The lowest BCUT2D eigenvalue weighted by Crippen LogP contribution is -2.49. The van der Waals surface area contributed by atoms with E-state index in [0.29, 0.717) is 6.42 Å². The number of aromatic amines is 1. The van der Waals surface area contributed by atoms with Gasteiger partial charge in [0.2, 0.25) is 0 Å². The highest BCUT2D eigenvalue weighted by Gasteiger charge is 2.22. The lowest BCUT2D eigenvalue weighted by molar-refractivity contribution is -0.137. The van der Waals surface area contributed by atoms with Crippen LogP contribution in [0, 0.1) is 0 Å². The number of carbonyl (C=O) groups is 2. The summed E-state index contributed by atoms with van der Waals surface area (Å²) in [5.74, 6) is -0.873. The highest BCUT2D eigenvalue weighted by molar-refractivity contribution is 5.75. The Kier molecular flexibility index (Phi) is 4.91. The number of nitrogens with zero attached hydrogens (tertiary/aromatic N) is 1. The third-order valence-corrected chi connectivity index (χ3v) is 2.78. The lowest BCUT2D eigenvalue weighted by atomic mass is 9.99. The van der Waals surface area contributed by atoms with Crippen LogP contribution in [0.25, 0.3) is 0 Å². The molecule has 0 fully saturated rings. The normalized spacial score (nSPS) is 12.8. The zero-order valence-electron chi connectivity index (χ0n) is 11.4.